The zero-order valence-electron chi connectivity index (χ0n) is 15.3. The minimum Gasteiger partial charge on any atom is -0.482 e. The Bertz CT molecular complexity index is 1090. The molecule has 2 aromatic carbocycles. The number of carboxylic acids is 1. The molecule has 0 aliphatic heterocycles. The number of ether oxygens (including phenoxy) is 1. The van der Waals surface area contributed by atoms with Crippen molar-refractivity contribution in [3.8, 4) is 11.4 Å². The van der Waals surface area contributed by atoms with Crippen molar-refractivity contribution in [2.45, 2.75) is 6.92 Å². The van der Waals surface area contributed by atoms with Crippen LogP contribution in [0, 0.1) is 12.7 Å². The fourth-order valence-electron chi connectivity index (χ4n) is 2.59. The van der Waals surface area contributed by atoms with Gasteiger partial charge in [-0.05, 0) is 55.5 Å². The van der Waals surface area contributed by atoms with Crippen LogP contribution in [0.2, 0.25) is 5.15 Å². The predicted molar refractivity (Wildman–Crippen MR) is 106 cm³/mol. The summed E-state index contributed by atoms with van der Waals surface area (Å²) in [5, 5.41) is 13.3. The molecule has 0 fully saturated rings. The van der Waals surface area contributed by atoms with E-state index in [1.807, 2.05) is 0 Å². The first kappa shape index (κ1) is 20.3. The molecule has 6 nitrogen and oxygen atoms in total. The number of carbonyl (C=O) groups is 2. The van der Waals surface area contributed by atoms with E-state index in [4.69, 9.17) is 21.4 Å². The molecule has 0 amide bonds. The van der Waals surface area contributed by atoms with E-state index in [9.17, 15) is 14.0 Å². The van der Waals surface area contributed by atoms with E-state index in [1.54, 1.807) is 43.3 Å². The van der Waals surface area contributed by atoms with Gasteiger partial charge in [0.2, 0.25) is 0 Å². The first-order valence-electron chi connectivity index (χ1n) is 8.53. The van der Waals surface area contributed by atoms with Crippen molar-refractivity contribution in [3.05, 3.63) is 82.4 Å². The van der Waals surface area contributed by atoms with Crippen LogP contribution in [0.3, 0.4) is 0 Å². The maximum absolute atomic E-state index is 13.1. The van der Waals surface area contributed by atoms with Gasteiger partial charge in [-0.25, -0.2) is 13.9 Å². The number of benzene rings is 2. The molecule has 0 bridgehead atoms. The minimum absolute atomic E-state index is 0.282. The highest BCUT2D eigenvalue weighted by molar-refractivity contribution is 6.31. The Hall–Kier alpha value is -3.45. The van der Waals surface area contributed by atoms with Gasteiger partial charge in [-0.1, -0.05) is 23.7 Å². The topological polar surface area (TPSA) is 81.4 Å². The molecule has 0 spiro atoms. The minimum atomic E-state index is -1.11. The number of rotatable bonds is 7. The Morgan fingerprint density at radius 3 is 2.66 bits per heavy atom. The Balaban J connectivity index is 1.81. The van der Waals surface area contributed by atoms with Gasteiger partial charge >= 0.3 is 5.97 Å². The van der Waals surface area contributed by atoms with Gasteiger partial charge in [0.1, 0.15) is 16.7 Å². The summed E-state index contributed by atoms with van der Waals surface area (Å²) in [4.78, 5) is 23.1. The van der Waals surface area contributed by atoms with Gasteiger partial charge < -0.3 is 9.84 Å². The quantitative estimate of drug-likeness (QED) is 0.459. The lowest BCUT2D eigenvalue weighted by atomic mass is 10.1. The van der Waals surface area contributed by atoms with E-state index in [2.05, 4.69) is 5.10 Å². The van der Waals surface area contributed by atoms with Crippen LogP contribution >= 0.6 is 11.6 Å². The van der Waals surface area contributed by atoms with Crippen molar-refractivity contribution in [2.75, 3.05) is 6.61 Å². The molecule has 0 atom stereocenters. The van der Waals surface area contributed by atoms with Gasteiger partial charge in [0, 0.05) is 11.1 Å². The van der Waals surface area contributed by atoms with Crippen LogP contribution in [0.25, 0.3) is 11.8 Å². The van der Waals surface area contributed by atoms with Gasteiger partial charge in [-0.3, -0.25) is 4.79 Å². The summed E-state index contributed by atoms with van der Waals surface area (Å²) in [5.74, 6) is -1.50. The van der Waals surface area contributed by atoms with Crippen molar-refractivity contribution in [1.82, 2.24) is 9.78 Å². The standard InChI is InChI=1S/C21H16ClFN2O4/c1-13-18(21(22)25(24-13)16-7-5-15(23)6-8-16)9-10-19(26)14-3-2-4-17(11-14)29-12-20(27)28/h2-11H,12H2,1H3,(H,27,28)/b10-9+. The lowest BCUT2D eigenvalue weighted by molar-refractivity contribution is -0.139. The van der Waals surface area contributed by atoms with Crippen molar-refractivity contribution in [2.24, 2.45) is 0 Å². The van der Waals surface area contributed by atoms with Crippen LogP contribution in [-0.2, 0) is 4.79 Å². The number of hydrogen-bond acceptors (Lipinski definition) is 4. The molecule has 3 rings (SSSR count). The number of hydrogen-bond donors (Lipinski definition) is 1. The molecule has 0 aliphatic carbocycles. The Morgan fingerprint density at radius 2 is 1.97 bits per heavy atom. The first-order chi connectivity index (χ1) is 13.8. The van der Waals surface area contributed by atoms with Crippen LogP contribution in [0.5, 0.6) is 5.75 Å². The van der Waals surface area contributed by atoms with E-state index in [1.165, 1.54) is 29.0 Å². The Morgan fingerprint density at radius 1 is 1.24 bits per heavy atom. The van der Waals surface area contributed by atoms with Gasteiger partial charge in [0.25, 0.3) is 0 Å². The summed E-state index contributed by atoms with van der Waals surface area (Å²) in [6, 6.07) is 11.9. The fourth-order valence-corrected chi connectivity index (χ4v) is 2.93. The smallest absolute Gasteiger partial charge is 0.341 e. The SMILES string of the molecule is Cc1nn(-c2ccc(F)cc2)c(Cl)c1/C=C/C(=O)c1cccc(OCC(=O)O)c1. The van der Waals surface area contributed by atoms with E-state index >= 15 is 0 Å². The number of halogens is 2. The van der Waals surface area contributed by atoms with Crippen LogP contribution < -0.4 is 4.74 Å². The number of nitrogens with zero attached hydrogens (tertiary/aromatic N) is 2. The van der Waals surface area contributed by atoms with E-state index < -0.39 is 12.6 Å². The molecule has 0 aliphatic rings. The Labute approximate surface area is 170 Å². The Kier molecular flexibility index (Phi) is 6.09. The lowest BCUT2D eigenvalue weighted by Gasteiger charge is -2.04. The largest absolute Gasteiger partial charge is 0.482 e. The number of carbonyl (C=O) groups excluding carboxylic acids is 1. The average Bonchev–Trinajstić information content (AvgIpc) is 2.99. The average molecular weight is 415 g/mol. The number of allylic oxidation sites excluding steroid dienone is 1. The molecule has 0 saturated carbocycles. The molecule has 1 N–H and O–H groups in total. The van der Waals surface area contributed by atoms with E-state index in [0.717, 1.165) is 0 Å². The van der Waals surface area contributed by atoms with Crippen molar-refractivity contribution < 1.29 is 23.8 Å². The normalized spacial score (nSPS) is 11.0. The van der Waals surface area contributed by atoms with Crippen molar-refractivity contribution in [3.63, 3.8) is 0 Å². The molecular formula is C21H16ClFN2O4. The van der Waals surface area contributed by atoms with Crippen molar-refractivity contribution >= 4 is 29.4 Å². The molecule has 0 radical (unpaired) electrons. The predicted octanol–water partition coefficient (Wildman–Crippen LogP) is 4.33. The molecule has 148 valence electrons. The lowest BCUT2D eigenvalue weighted by Crippen LogP contribution is -2.09. The van der Waals surface area contributed by atoms with Gasteiger partial charge in [-0.2, -0.15) is 5.10 Å². The fraction of sp³-hybridized carbons (Fsp3) is 0.0952. The number of aryl methyl sites for hydroxylation is 1. The van der Waals surface area contributed by atoms with Crippen LogP contribution in [0.15, 0.2) is 54.6 Å². The summed E-state index contributed by atoms with van der Waals surface area (Å²) in [6.45, 7) is 1.25. The summed E-state index contributed by atoms with van der Waals surface area (Å²) < 4.78 is 19.7. The highest BCUT2D eigenvalue weighted by Gasteiger charge is 2.13. The van der Waals surface area contributed by atoms with Crippen LogP contribution in [0.4, 0.5) is 4.39 Å². The summed E-state index contributed by atoms with van der Waals surface area (Å²) in [7, 11) is 0. The van der Waals surface area contributed by atoms with Gasteiger partial charge in [0.15, 0.2) is 12.4 Å². The van der Waals surface area contributed by atoms with E-state index in [-0.39, 0.29) is 22.5 Å². The molecule has 1 aromatic heterocycles. The number of aromatic nitrogens is 2. The monoisotopic (exact) mass is 414 g/mol. The molecule has 8 heteroatoms. The third kappa shape index (κ3) is 4.89. The highest BCUT2D eigenvalue weighted by atomic mass is 35.5. The number of carboxylic acid groups (broad SMARTS) is 1. The third-order valence-electron chi connectivity index (χ3n) is 4.00. The first-order valence-corrected chi connectivity index (χ1v) is 8.91. The van der Waals surface area contributed by atoms with Crippen molar-refractivity contribution in [1.29, 1.82) is 0 Å². The second kappa shape index (κ2) is 8.70. The second-order valence-corrected chi connectivity index (χ2v) is 6.44. The second-order valence-electron chi connectivity index (χ2n) is 6.09. The molecule has 0 saturated heterocycles. The summed E-state index contributed by atoms with van der Waals surface area (Å²) >= 11 is 6.40. The maximum Gasteiger partial charge on any atom is 0.341 e. The van der Waals surface area contributed by atoms with E-state index in [0.29, 0.717) is 22.5 Å². The highest BCUT2D eigenvalue weighted by Crippen LogP contribution is 2.25. The maximum atomic E-state index is 13.1. The van der Waals surface area contributed by atoms with Gasteiger partial charge in [0.05, 0.1) is 11.4 Å². The third-order valence-corrected chi connectivity index (χ3v) is 4.37. The van der Waals surface area contributed by atoms with Gasteiger partial charge in [-0.15, -0.1) is 0 Å². The van der Waals surface area contributed by atoms with Crippen LogP contribution in [-0.4, -0.2) is 33.2 Å². The molecule has 1 heterocycles. The molecule has 3 aromatic rings. The zero-order valence-corrected chi connectivity index (χ0v) is 16.1. The molecule has 29 heavy (non-hydrogen) atoms. The van der Waals surface area contributed by atoms with Crippen LogP contribution in [0.1, 0.15) is 21.6 Å². The number of ketones is 1. The molecule has 0 unspecified atom stereocenters. The number of aliphatic carboxylic acids is 1. The zero-order chi connectivity index (χ0) is 21.0. The summed E-state index contributed by atoms with van der Waals surface area (Å²) in [5.41, 5.74) is 2.09. The summed E-state index contributed by atoms with van der Waals surface area (Å²) in [6.07, 6.45) is 2.90. The molecular weight excluding hydrogens is 399 g/mol.